The maximum absolute atomic E-state index is 10.8. The Hall–Kier alpha value is -1.22. The van der Waals surface area contributed by atoms with Crippen molar-refractivity contribution in [2.45, 2.75) is 32.8 Å². The van der Waals surface area contributed by atoms with Crippen LogP contribution in [-0.4, -0.2) is 24.3 Å². The summed E-state index contributed by atoms with van der Waals surface area (Å²) in [6.45, 7) is 5.72. The fraction of sp³-hybridized carbons (Fsp3) is 0.538. The number of nitrogens with zero attached hydrogens (tertiary/aromatic N) is 1. The van der Waals surface area contributed by atoms with Crippen molar-refractivity contribution in [2.24, 2.45) is 10.9 Å². The average Bonchev–Trinajstić information content (AvgIpc) is 2.28. The van der Waals surface area contributed by atoms with Crippen molar-refractivity contribution in [3.05, 3.63) is 24.3 Å². The molecule has 0 N–H and O–H groups in total. The van der Waals surface area contributed by atoms with E-state index in [1.165, 1.54) is 6.92 Å². The Morgan fingerprint density at radius 3 is 2.44 bits per heavy atom. The molecule has 1 atom stereocenters. The molecule has 0 radical (unpaired) electrons. The van der Waals surface area contributed by atoms with Crippen LogP contribution in [0.4, 0.5) is 0 Å². The zero-order chi connectivity index (χ0) is 12.2. The predicted molar refractivity (Wildman–Crippen MR) is 65.6 cm³/mol. The third-order valence-electron chi connectivity index (χ3n) is 3.05. The van der Waals surface area contributed by atoms with Gasteiger partial charge in [-0.25, -0.2) is 4.99 Å². The molecule has 1 amide bonds. The molecule has 16 heavy (non-hydrogen) atoms. The first-order chi connectivity index (χ1) is 7.54. The molecule has 1 unspecified atom stereocenters. The molecular weight excluding hydrogens is 202 g/mol. The van der Waals surface area contributed by atoms with Gasteiger partial charge in [0.05, 0.1) is 5.71 Å². The number of aliphatic imine (C=N–C) groups is 1. The highest BCUT2D eigenvalue weighted by atomic mass is 16.5. The fourth-order valence-corrected chi connectivity index (χ4v) is 1.78. The third kappa shape index (κ3) is 2.67. The molecular formula is C13H19NO2. The highest BCUT2D eigenvalue weighted by Gasteiger charge is 2.31. The van der Waals surface area contributed by atoms with Crippen LogP contribution >= 0.6 is 0 Å². The molecule has 88 valence electrons. The van der Waals surface area contributed by atoms with Gasteiger partial charge in [0.25, 0.3) is 0 Å². The van der Waals surface area contributed by atoms with Gasteiger partial charge in [-0.05, 0) is 30.2 Å². The lowest BCUT2D eigenvalue weighted by atomic mass is 9.83. The lowest BCUT2D eigenvalue weighted by Crippen LogP contribution is -2.36. The molecule has 3 nitrogen and oxygen atoms in total. The van der Waals surface area contributed by atoms with Crippen molar-refractivity contribution in [3.63, 3.8) is 0 Å². The van der Waals surface area contributed by atoms with Gasteiger partial charge in [0.2, 0.25) is 5.91 Å². The van der Waals surface area contributed by atoms with Crippen LogP contribution in [0.3, 0.4) is 0 Å². The molecule has 0 aromatic heterocycles. The van der Waals surface area contributed by atoms with Crippen molar-refractivity contribution in [2.75, 3.05) is 7.11 Å². The van der Waals surface area contributed by atoms with Crippen LogP contribution in [0.5, 0.6) is 0 Å². The maximum atomic E-state index is 10.8. The molecule has 0 heterocycles. The summed E-state index contributed by atoms with van der Waals surface area (Å²) in [6.07, 6.45) is 8.67. The van der Waals surface area contributed by atoms with Gasteiger partial charge in [-0.2, -0.15) is 0 Å². The van der Waals surface area contributed by atoms with Gasteiger partial charge >= 0.3 is 0 Å². The minimum Gasteiger partial charge on any atom is -0.370 e. The van der Waals surface area contributed by atoms with Crippen LogP contribution in [0, 0.1) is 5.92 Å². The molecule has 1 aliphatic rings. The Bertz CT molecular complexity index is 337. The van der Waals surface area contributed by atoms with Gasteiger partial charge in [-0.1, -0.05) is 20.3 Å². The van der Waals surface area contributed by atoms with Crippen LogP contribution < -0.4 is 0 Å². The summed E-state index contributed by atoms with van der Waals surface area (Å²) in [6, 6.07) is 0. The summed E-state index contributed by atoms with van der Waals surface area (Å²) >= 11 is 0. The number of methoxy groups -OCH3 is 1. The standard InChI is InChI=1S/C13H19NO2/c1-5-10(2)13(16-4)8-6-12(7-9-13)14-11(3)15/h6-10H,5H2,1-4H3. The Morgan fingerprint density at radius 2 is 2.06 bits per heavy atom. The Morgan fingerprint density at radius 1 is 1.50 bits per heavy atom. The largest absolute Gasteiger partial charge is 0.370 e. The number of carbonyl (C=O) groups is 1. The van der Waals surface area contributed by atoms with E-state index in [2.05, 4.69) is 18.8 Å². The van der Waals surface area contributed by atoms with Crippen molar-refractivity contribution in [3.8, 4) is 0 Å². The predicted octanol–water partition coefficient (Wildman–Crippen LogP) is 2.53. The molecule has 1 aliphatic carbocycles. The van der Waals surface area contributed by atoms with E-state index >= 15 is 0 Å². The van der Waals surface area contributed by atoms with Crippen LogP contribution in [0.15, 0.2) is 29.3 Å². The van der Waals surface area contributed by atoms with E-state index in [0.29, 0.717) is 11.6 Å². The summed E-state index contributed by atoms with van der Waals surface area (Å²) in [4.78, 5) is 14.7. The first kappa shape index (κ1) is 12.8. The van der Waals surface area contributed by atoms with Gasteiger partial charge in [-0.3, -0.25) is 4.79 Å². The fourth-order valence-electron chi connectivity index (χ4n) is 1.78. The van der Waals surface area contributed by atoms with Crippen molar-refractivity contribution < 1.29 is 9.53 Å². The van der Waals surface area contributed by atoms with Gasteiger partial charge in [-0.15, -0.1) is 0 Å². The van der Waals surface area contributed by atoms with Crippen LogP contribution in [0.2, 0.25) is 0 Å². The van der Waals surface area contributed by atoms with E-state index in [-0.39, 0.29) is 11.5 Å². The maximum Gasteiger partial charge on any atom is 0.243 e. The Kier molecular flexibility index (Phi) is 4.19. The number of hydrogen-bond donors (Lipinski definition) is 0. The normalized spacial score (nSPS) is 25.6. The lowest BCUT2D eigenvalue weighted by Gasteiger charge is -2.33. The van der Waals surface area contributed by atoms with E-state index in [1.54, 1.807) is 7.11 Å². The summed E-state index contributed by atoms with van der Waals surface area (Å²) in [5.41, 5.74) is 0.327. The van der Waals surface area contributed by atoms with Gasteiger partial charge in [0.15, 0.2) is 0 Å². The molecule has 0 aromatic rings. The van der Waals surface area contributed by atoms with Gasteiger partial charge in [0, 0.05) is 14.0 Å². The van der Waals surface area contributed by atoms with Crippen molar-refractivity contribution in [1.29, 1.82) is 0 Å². The molecule has 0 aromatic carbocycles. The second-order valence-corrected chi connectivity index (χ2v) is 4.09. The van der Waals surface area contributed by atoms with Crippen LogP contribution in [-0.2, 0) is 9.53 Å². The smallest absolute Gasteiger partial charge is 0.243 e. The van der Waals surface area contributed by atoms with E-state index in [0.717, 1.165) is 6.42 Å². The van der Waals surface area contributed by atoms with E-state index < -0.39 is 0 Å². The first-order valence-corrected chi connectivity index (χ1v) is 5.57. The van der Waals surface area contributed by atoms with Crippen molar-refractivity contribution in [1.82, 2.24) is 0 Å². The topological polar surface area (TPSA) is 38.7 Å². The molecule has 0 fully saturated rings. The van der Waals surface area contributed by atoms with Gasteiger partial charge < -0.3 is 4.74 Å². The molecule has 1 rings (SSSR count). The number of rotatable bonds is 3. The van der Waals surface area contributed by atoms with Crippen LogP contribution in [0.1, 0.15) is 27.2 Å². The number of carbonyl (C=O) groups excluding carboxylic acids is 1. The Labute approximate surface area is 96.9 Å². The SMILES string of the molecule is CCC(C)C1(OC)C=CC(=NC(C)=O)C=C1. The molecule has 0 saturated carbocycles. The van der Waals surface area contributed by atoms with Crippen molar-refractivity contribution >= 4 is 11.6 Å². The molecule has 3 heteroatoms. The van der Waals surface area contributed by atoms with E-state index in [4.69, 9.17) is 4.74 Å². The Balaban J connectivity index is 2.92. The monoisotopic (exact) mass is 221 g/mol. The van der Waals surface area contributed by atoms with E-state index in [9.17, 15) is 4.79 Å². The third-order valence-corrected chi connectivity index (χ3v) is 3.05. The molecule has 0 bridgehead atoms. The molecule has 0 aliphatic heterocycles. The number of allylic oxidation sites excluding steroid dienone is 2. The summed E-state index contributed by atoms with van der Waals surface area (Å²) in [7, 11) is 1.70. The lowest BCUT2D eigenvalue weighted by molar-refractivity contribution is -0.115. The highest BCUT2D eigenvalue weighted by molar-refractivity contribution is 6.10. The second kappa shape index (κ2) is 5.21. The second-order valence-electron chi connectivity index (χ2n) is 4.09. The number of amides is 1. The summed E-state index contributed by atoms with van der Waals surface area (Å²) in [5.74, 6) is 0.210. The van der Waals surface area contributed by atoms with E-state index in [1.807, 2.05) is 24.3 Å². The number of hydrogen-bond acceptors (Lipinski definition) is 2. The number of ether oxygens (including phenoxy) is 1. The summed E-state index contributed by atoms with van der Waals surface area (Å²) in [5, 5.41) is 0. The van der Waals surface area contributed by atoms with Gasteiger partial charge in [0.1, 0.15) is 5.60 Å². The first-order valence-electron chi connectivity index (χ1n) is 5.57. The zero-order valence-electron chi connectivity index (χ0n) is 10.4. The van der Waals surface area contributed by atoms with Crippen LogP contribution in [0.25, 0.3) is 0 Å². The molecule has 0 saturated heterocycles. The summed E-state index contributed by atoms with van der Waals surface area (Å²) < 4.78 is 5.57. The highest BCUT2D eigenvalue weighted by Crippen LogP contribution is 2.29. The average molecular weight is 221 g/mol. The molecule has 0 spiro atoms. The zero-order valence-corrected chi connectivity index (χ0v) is 10.4. The quantitative estimate of drug-likeness (QED) is 0.734. The minimum atomic E-state index is -0.357. The minimum absolute atomic E-state index is 0.183.